The Morgan fingerprint density at radius 2 is 1.71 bits per heavy atom. The van der Waals surface area contributed by atoms with Crippen LogP contribution in [0.15, 0.2) is 0 Å². The van der Waals surface area contributed by atoms with Gasteiger partial charge in [-0.25, -0.2) is 14.8 Å². The molecule has 0 radical (unpaired) electrons. The molecular formula is C22H31N5O3S. The molecular weight excluding hydrogens is 414 g/mol. The topological polar surface area (TPSA) is 78.9 Å². The van der Waals surface area contributed by atoms with Gasteiger partial charge in [-0.3, -0.25) is 9.69 Å². The van der Waals surface area contributed by atoms with Gasteiger partial charge < -0.3 is 14.5 Å². The lowest BCUT2D eigenvalue weighted by molar-refractivity contribution is -0.133. The second-order valence-electron chi connectivity index (χ2n) is 8.26. The van der Waals surface area contributed by atoms with E-state index in [2.05, 4.69) is 14.8 Å². The van der Waals surface area contributed by atoms with E-state index < -0.39 is 0 Å². The van der Waals surface area contributed by atoms with Crippen molar-refractivity contribution in [1.82, 2.24) is 19.8 Å². The number of piperidine rings is 1. The van der Waals surface area contributed by atoms with Crippen LogP contribution in [0.5, 0.6) is 0 Å². The number of anilines is 1. The third-order valence-electron chi connectivity index (χ3n) is 6.08. The molecule has 2 aliphatic rings. The van der Waals surface area contributed by atoms with E-state index in [1.165, 1.54) is 17.8 Å². The minimum absolute atomic E-state index is 0.251. The number of piperazine rings is 1. The Labute approximate surface area is 187 Å². The molecule has 1 amide bonds. The van der Waals surface area contributed by atoms with Crippen molar-refractivity contribution >= 4 is 39.2 Å². The van der Waals surface area contributed by atoms with Gasteiger partial charge in [0.2, 0.25) is 5.91 Å². The van der Waals surface area contributed by atoms with Crippen molar-refractivity contribution in [2.45, 2.75) is 40.0 Å². The number of aryl methyl sites for hydroxylation is 2. The Kier molecular flexibility index (Phi) is 6.71. The summed E-state index contributed by atoms with van der Waals surface area (Å²) in [4.78, 5) is 42.2. The van der Waals surface area contributed by atoms with E-state index >= 15 is 0 Å². The zero-order valence-corrected chi connectivity index (χ0v) is 19.5. The first kappa shape index (κ1) is 22.0. The number of nitrogens with zero attached hydrogens (tertiary/aromatic N) is 5. The summed E-state index contributed by atoms with van der Waals surface area (Å²) in [5.41, 5.74) is 0.885. The van der Waals surface area contributed by atoms with Crippen LogP contribution < -0.4 is 4.90 Å². The molecule has 2 aromatic rings. The van der Waals surface area contributed by atoms with Crippen molar-refractivity contribution in [2.75, 3.05) is 57.3 Å². The van der Waals surface area contributed by atoms with Gasteiger partial charge in [0.05, 0.1) is 18.5 Å². The Bertz CT molecular complexity index is 962. The van der Waals surface area contributed by atoms with Crippen LogP contribution in [0.25, 0.3) is 10.2 Å². The third-order valence-corrected chi connectivity index (χ3v) is 7.25. The molecule has 0 bridgehead atoms. The lowest BCUT2D eigenvalue weighted by Gasteiger charge is -2.36. The fourth-order valence-corrected chi connectivity index (χ4v) is 5.51. The van der Waals surface area contributed by atoms with Crippen LogP contribution in [0.1, 0.15) is 47.2 Å². The molecule has 0 aromatic carbocycles. The van der Waals surface area contributed by atoms with Gasteiger partial charge in [-0.15, -0.1) is 11.3 Å². The standard InChI is InChI=1S/C22H31N5O3S/c1-4-30-22(29)19-15(2)18-20(23-16(3)24-21(18)31-19)27-12-10-25(11-13-27)14-17(28)26-8-6-5-7-9-26/h4-14H2,1-3H3. The quantitative estimate of drug-likeness (QED) is 0.655. The first-order valence-electron chi connectivity index (χ1n) is 11.2. The Hall–Kier alpha value is -2.26. The average molecular weight is 446 g/mol. The molecule has 168 valence electrons. The molecule has 2 aliphatic heterocycles. The van der Waals surface area contributed by atoms with Crippen LogP contribution in [0.2, 0.25) is 0 Å². The summed E-state index contributed by atoms with van der Waals surface area (Å²) < 4.78 is 5.22. The second-order valence-corrected chi connectivity index (χ2v) is 9.25. The zero-order chi connectivity index (χ0) is 22.0. The molecule has 4 rings (SSSR count). The average Bonchev–Trinajstić information content (AvgIpc) is 3.10. The minimum Gasteiger partial charge on any atom is -0.462 e. The number of fused-ring (bicyclic) bond motifs is 1. The second kappa shape index (κ2) is 9.48. The van der Waals surface area contributed by atoms with Gasteiger partial charge in [0.1, 0.15) is 21.3 Å². The highest BCUT2D eigenvalue weighted by atomic mass is 32.1. The summed E-state index contributed by atoms with van der Waals surface area (Å²) in [6.07, 6.45) is 3.47. The maximum absolute atomic E-state index is 12.6. The van der Waals surface area contributed by atoms with E-state index in [0.717, 1.165) is 73.7 Å². The highest BCUT2D eigenvalue weighted by molar-refractivity contribution is 7.20. The van der Waals surface area contributed by atoms with Crippen LogP contribution in [-0.4, -0.2) is 84.1 Å². The van der Waals surface area contributed by atoms with Crippen LogP contribution in [-0.2, 0) is 9.53 Å². The van der Waals surface area contributed by atoms with Crippen molar-refractivity contribution in [2.24, 2.45) is 0 Å². The predicted octanol–water partition coefficient (Wildman–Crippen LogP) is 2.62. The van der Waals surface area contributed by atoms with Gasteiger partial charge in [-0.1, -0.05) is 0 Å². The smallest absolute Gasteiger partial charge is 0.348 e. The first-order valence-corrected chi connectivity index (χ1v) is 12.0. The predicted molar refractivity (Wildman–Crippen MR) is 122 cm³/mol. The molecule has 0 spiro atoms. The first-order chi connectivity index (χ1) is 15.0. The van der Waals surface area contributed by atoms with E-state index in [4.69, 9.17) is 9.72 Å². The lowest BCUT2D eigenvalue weighted by Crippen LogP contribution is -2.51. The number of thiophene rings is 1. The Balaban J connectivity index is 1.48. The number of carbonyl (C=O) groups is 2. The molecule has 4 heterocycles. The molecule has 8 nitrogen and oxygen atoms in total. The summed E-state index contributed by atoms with van der Waals surface area (Å²) in [5, 5.41) is 0.941. The Morgan fingerprint density at radius 1 is 1.00 bits per heavy atom. The third kappa shape index (κ3) is 4.67. The van der Waals surface area contributed by atoms with Crippen molar-refractivity contribution < 1.29 is 14.3 Å². The molecule has 2 fully saturated rings. The fraction of sp³-hybridized carbons (Fsp3) is 0.636. The van der Waals surface area contributed by atoms with Crippen LogP contribution in [0.4, 0.5) is 5.82 Å². The molecule has 0 aliphatic carbocycles. The normalized spacial score (nSPS) is 17.9. The highest BCUT2D eigenvalue weighted by Gasteiger charge is 2.27. The number of carbonyl (C=O) groups excluding carboxylic acids is 2. The zero-order valence-electron chi connectivity index (χ0n) is 18.6. The van der Waals surface area contributed by atoms with Gasteiger partial charge in [-0.05, 0) is 45.6 Å². The van der Waals surface area contributed by atoms with Crippen molar-refractivity contribution in [1.29, 1.82) is 0 Å². The minimum atomic E-state index is -0.298. The molecule has 0 N–H and O–H groups in total. The van der Waals surface area contributed by atoms with Crippen molar-refractivity contribution in [3.63, 3.8) is 0 Å². The number of rotatable bonds is 5. The maximum atomic E-state index is 12.6. The summed E-state index contributed by atoms with van der Waals surface area (Å²) >= 11 is 1.38. The number of hydrogen-bond donors (Lipinski definition) is 0. The molecule has 9 heteroatoms. The number of amides is 1. The molecule has 0 atom stereocenters. The summed E-state index contributed by atoms with van der Waals surface area (Å²) in [6.45, 7) is 11.5. The number of esters is 1. The molecule has 0 unspecified atom stereocenters. The largest absolute Gasteiger partial charge is 0.462 e. The number of aromatic nitrogens is 2. The van der Waals surface area contributed by atoms with Gasteiger partial charge in [0.15, 0.2) is 0 Å². The summed E-state index contributed by atoms with van der Waals surface area (Å²) in [5.74, 6) is 1.53. The number of hydrogen-bond acceptors (Lipinski definition) is 8. The summed E-state index contributed by atoms with van der Waals surface area (Å²) in [6, 6.07) is 0. The molecule has 2 aromatic heterocycles. The van der Waals surface area contributed by atoms with E-state index in [0.29, 0.717) is 23.9 Å². The van der Waals surface area contributed by atoms with E-state index in [-0.39, 0.29) is 11.9 Å². The molecule has 31 heavy (non-hydrogen) atoms. The van der Waals surface area contributed by atoms with E-state index in [9.17, 15) is 9.59 Å². The lowest BCUT2D eigenvalue weighted by atomic mass is 10.1. The van der Waals surface area contributed by atoms with Crippen molar-refractivity contribution in [3.05, 3.63) is 16.3 Å². The highest BCUT2D eigenvalue weighted by Crippen LogP contribution is 2.36. The van der Waals surface area contributed by atoms with E-state index in [1.54, 1.807) is 0 Å². The Morgan fingerprint density at radius 3 is 2.39 bits per heavy atom. The number of ether oxygens (including phenoxy) is 1. The van der Waals surface area contributed by atoms with Gasteiger partial charge in [0.25, 0.3) is 0 Å². The van der Waals surface area contributed by atoms with E-state index in [1.807, 2.05) is 25.7 Å². The fourth-order valence-electron chi connectivity index (χ4n) is 4.39. The van der Waals surface area contributed by atoms with Crippen LogP contribution in [0, 0.1) is 13.8 Å². The van der Waals surface area contributed by atoms with Gasteiger partial charge in [0, 0.05) is 39.3 Å². The van der Waals surface area contributed by atoms with Crippen LogP contribution in [0.3, 0.4) is 0 Å². The number of likely N-dealkylation sites (tertiary alicyclic amines) is 1. The van der Waals surface area contributed by atoms with Crippen LogP contribution >= 0.6 is 11.3 Å². The van der Waals surface area contributed by atoms with Crippen molar-refractivity contribution in [3.8, 4) is 0 Å². The van der Waals surface area contributed by atoms with Gasteiger partial charge >= 0.3 is 5.97 Å². The molecule has 2 saturated heterocycles. The maximum Gasteiger partial charge on any atom is 0.348 e. The molecule has 0 saturated carbocycles. The monoisotopic (exact) mass is 445 g/mol. The van der Waals surface area contributed by atoms with Gasteiger partial charge in [-0.2, -0.15) is 0 Å². The summed E-state index contributed by atoms with van der Waals surface area (Å²) in [7, 11) is 0. The SMILES string of the molecule is CCOC(=O)c1sc2nc(C)nc(N3CCN(CC(=O)N4CCCCC4)CC3)c2c1C.